The van der Waals surface area contributed by atoms with Gasteiger partial charge in [0.05, 0.1) is 0 Å². The topological polar surface area (TPSA) is 113 Å². The van der Waals surface area contributed by atoms with E-state index in [9.17, 15) is 0 Å². The molecule has 0 saturated carbocycles. The number of hydrogen-bond donors (Lipinski definition) is 4. The summed E-state index contributed by atoms with van der Waals surface area (Å²) >= 11 is 0. The molecule has 0 aliphatic heterocycles. The predicted octanol–water partition coefficient (Wildman–Crippen LogP) is 5.14. The Hall–Kier alpha value is -4.12. The van der Waals surface area contributed by atoms with Gasteiger partial charge in [0.2, 0.25) is 0 Å². The van der Waals surface area contributed by atoms with Crippen LogP contribution in [-0.4, -0.2) is 0 Å². The minimum absolute atomic E-state index is 0.642. The molecule has 4 aromatic carbocycles. The van der Waals surface area contributed by atoms with Crippen molar-refractivity contribution in [3.63, 3.8) is 0 Å². The van der Waals surface area contributed by atoms with Gasteiger partial charge in [-0.2, -0.15) is 0 Å². The first kappa shape index (κ1) is 18.3. The van der Waals surface area contributed by atoms with Gasteiger partial charge in [-0.15, -0.1) is 0 Å². The van der Waals surface area contributed by atoms with Gasteiger partial charge in [-0.25, -0.2) is 0 Å². The lowest BCUT2D eigenvalue weighted by molar-refractivity contribution is 0.486. The third-order valence-corrected chi connectivity index (χ3v) is 4.62. The molecular formula is C24H22N4O. The lowest BCUT2D eigenvalue weighted by atomic mass is 10.0. The van der Waals surface area contributed by atoms with Crippen LogP contribution < -0.4 is 27.7 Å². The van der Waals surface area contributed by atoms with Crippen molar-refractivity contribution in [2.75, 3.05) is 22.9 Å². The van der Waals surface area contributed by atoms with Gasteiger partial charge < -0.3 is 27.7 Å². The van der Waals surface area contributed by atoms with E-state index in [0.717, 1.165) is 22.3 Å². The second-order valence-corrected chi connectivity index (χ2v) is 6.86. The molecule has 0 bridgehead atoms. The largest absolute Gasteiger partial charge is 0.456 e. The minimum Gasteiger partial charge on any atom is -0.456 e. The van der Waals surface area contributed by atoms with Crippen molar-refractivity contribution in [3.05, 3.63) is 84.9 Å². The highest BCUT2D eigenvalue weighted by Gasteiger charge is 2.13. The fourth-order valence-electron chi connectivity index (χ4n) is 3.26. The van der Waals surface area contributed by atoms with Gasteiger partial charge in [-0.1, -0.05) is 24.3 Å². The zero-order chi connectivity index (χ0) is 20.4. The van der Waals surface area contributed by atoms with E-state index >= 15 is 0 Å². The molecule has 5 heteroatoms. The quantitative estimate of drug-likeness (QED) is 0.365. The maximum absolute atomic E-state index is 6.35. The first-order valence-electron chi connectivity index (χ1n) is 9.18. The second-order valence-electron chi connectivity index (χ2n) is 6.86. The summed E-state index contributed by atoms with van der Waals surface area (Å²) in [6, 6.07) is 26.3. The van der Waals surface area contributed by atoms with Crippen LogP contribution in [0.5, 0.6) is 11.5 Å². The molecule has 4 rings (SSSR count). The van der Waals surface area contributed by atoms with Crippen molar-refractivity contribution >= 4 is 22.7 Å². The van der Waals surface area contributed by atoms with Crippen LogP contribution in [0.25, 0.3) is 22.3 Å². The van der Waals surface area contributed by atoms with E-state index < -0.39 is 0 Å². The van der Waals surface area contributed by atoms with Crippen molar-refractivity contribution in [3.8, 4) is 33.8 Å². The number of hydrogen-bond acceptors (Lipinski definition) is 5. The molecule has 0 fully saturated rings. The van der Waals surface area contributed by atoms with Crippen LogP contribution in [0.1, 0.15) is 0 Å². The summed E-state index contributed by atoms with van der Waals surface area (Å²) in [5.41, 5.74) is 30.2. The highest BCUT2D eigenvalue weighted by Crippen LogP contribution is 2.40. The molecule has 29 heavy (non-hydrogen) atoms. The van der Waals surface area contributed by atoms with Gasteiger partial charge in [0.15, 0.2) is 0 Å². The molecule has 5 nitrogen and oxygen atoms in total. The number of nitrogens with two attached hydrogens (primary N) is 4. The Balaban J connectivity index is 1.82. The number of nitrogen functional groups attached to an aromatic ring is 4. The van der Waals surface area contributed by atoms with E-state index in [2.05, 4.69) is 0 Å². The molecule has 0 radical (unpaired) electrons. The fraction of sp³-hybridized carbons (Fsp3) is 0. The van der Waals surface area contributed by atoms with Gasteiger partial charge in [-0.3, -0.25) is 0 Å². The maximum atomic E-state index is 6.35. The first-order chi connectivity index (χ1) is 14.0. The minimum atomic E-state index is 0.642. The van der Waals surface area contributed by atoms with E-state index in [1.807, 2.05) is 84.9 Å². The van der Waals surface area contributed by atoms with Gasteiger partial charge in [0.25, 0.3) is 0 Å². The molecule has 0 atom stereocenters. The van der Waals surface area contributed by atoms with Gasteiger partial charge >= 0.3 is 0 Å². The molecule has 0 spiro atoms. The average Bonchev–Trinajstić information content (AvgIpc) is 2.70. The molecule has 0 aromatic heterocycles. The number of ether oxygens (including phenoxy) is 1. The highest BCUT2D eigenvalue weighted by atomic mass is 16.5. The summed E-state index contributed by atoms with van der Waals surface area (Å²) in [5, 5.41) is 0. The molecule has 0 aliphatic rings. The van der Waals surface area contributed by atoms with E-state index in [1.165, 1.54) is 0 Å². The monoisotopic (exact) mass is 382 g/mol. The summed E-state index contributed by atoms with van der Waals surface area (Å²) in [7, 11) is 0. The molecule has 0 aliphatic carbocycles. The Morgan fingerprint density at radius 3 is 1.28 bits per heavy atom. The second kappa shape index (κ2) is 7.48. The highest BCUT2D eigenvalue weighted by molar-refractivity contribution is 5.79. The van der Waals surface area contributed by atoms with Gasteiger partial charge in [0.1, 0.15) is 11.5 Å². The van der Waals surface area contributed by atoms with Crippen molar-refractivity contribution in [1.29, 1.82) is 0 Å². The van der Waals surface area contributed by atoms with Crippen LogP contribution in [-0.2, 0) is 0 Å². The van der Waals surface area contributed by atoms with E-state index in [4.69, 9.17) is 27.7 Å². The smallest absolute Gasteiger partial charge is 0.135 e. The maximum Gasteiger partial charge on any atom is 0.135 e. The standard InChI is InChI=1S/C24H22N4O/c25-17-5-1-3-15(11-17)21-13-19(27)7-9-23(21)29-24-10-8-20(28)14-22(24)16-4-2-6-18(26)12-16/h1-14H,25-28H2. The summed E-state index contributed by atoms with van der Waals surface area (Å²) in [4.78, 5) is 0. The average molecular weight is 382 g/mol. The van der Waals surface area contributed by atoms with Crippen LogP contribution in [0, 0.1) is 0 Å². The Kier molecular flexibility index (Phi) is 4.71. The van der Waals surface area contributed by atoms with Crippen molar-refractivity contribution < 1.29 is 4.74 Å². The van der Waals surface area contributed by atoms with Gasteiger partial charge in [0, 0.05) is 33.9 Å². The van der Waals surface area contributed by atoms with Crippen molar-refractivity contribution in [2.45, 2.75) is 0 Å². The predicted molar refractivity (Wildman–Crippen MR) is 121 cm³/mol. The SMILES string of the molecule is Nc1cccc(-c2cc(N)ccc2Oc2ccc(N)cc2-c2cccc(N)c2)c1. The molecule has 0 saturated heterocycles. The Morgan fingerprint density at radius 2 is 0.862 bits per heavy atom. The summed E-state index contributed by atoms with van der Waals surface area (Å²) in [6.07, 6.45) is 0. The molecule has 144 valence electrons. The zero-order valence-corrected chi connectivity index (χ0v) is 15.8. The molecule has 0 unspecified atom stereocenters. The van der Waals surface area contributed by atoms with Crippen LogP contribution >= 0.6 is 0 Å². The summed E-state index contributed by atoms with van der Waals surface area (Å²) in [5.74, 6) is 1.33. The normalized spacial score (nSPS) is 10.6. The molecular weight excluding hydrogens is 360 g/mol. The lowest BCUT2D eigenvalue weighted by Crippen LogP contribution is -1.95. The molecule has 0 heterocycles. The molecule has 4 aromatic rings. The third-order valence-electron chi connectivity index (χ3n) is 4.62. The van der Waals surface area contributed by atoms with Crippen LogP contribution in [0.4, 0.5) is 22.7 Å². The van der Waals surface area contributed by atoms with E-state index in [1.54, 1.807) is 0 Å². The Bertz CT molecular complexity index is 1090. The van der Waals surface area contributed by atoms with Crippen LogP contribution in [0.15, 0.2) is 84.9 Å². The number of benzene rings is 4. The first-order valence-corrected chi connectivity index (χ1v) is 9.18. The van der Waals surface area contributed by atoms with Gasteiger partial charge in [-0.05, 0) is 71.8 Å². The summed E-state index contributed by atoms with van der Waals surface area (Å²) < 4.78 is 6.35. The summed E-state index contributed by atoms with van der Waals surface area (Å²) in [6.45, 7) is 0. The van der Waals surface area contributed by atoms with Crippen LogP contribution in [0.3, 0.4) is 0 Å². The van der Waals surface area contributed by atoms with Crippen LogP contribution in [0.2, 0.25) is 0 Å². The zero-order valence-electron chi connectivity index (χ0n) is 15.8. The lowest BCUT2D eigenvalue weighted by Gasteiger charge is -2.16. The molecule has 0 amide bonds. The van der Waals surface area contributed by atoms with Crippen molar-refractivity contribution in [1.82, 2.24) is 0 Å². The van der Waals surface area contributed by atoms with Crippen molar-refractivity contribution in [2.24, 2.45) is 0 Å². The van der Waals surface area contributed by atoms with E-state index in [0.29, 0.717) is 34.2 Å². The number of anilines is 4. The molecule has 8 N–H and O–H groups in total. The third kappa shape index (κ3) is 3.94. The number of rotatable bonds is 4. The fourth-order valence-corrected chi connectivity index (χ4v) is 3.26. The Labute approximate surface area is 169 Å². The Morgan fingerprint density at radius 1 is 0.448 bits per heavy atom. The van der Waals surface area contributed by atoms with E-state index in [-0.39, 0.29) is 0 Å².